The van der Waals surface area contributed by atoms with E-state index in [9.17, 15) is 4.79 Å². The fourth-order valence-corrected chi connectivity index (χ4v) is 2.56. The molecule has 2 N–H and O–H groups in total. The number of carbonyl (C=O) groups is 1. The lowest BCUT2D eigenvalue weighted by molar-refractivity contribution is -0.115. The largest absolute Gasteiger partial charge is 0.489 e. The second-order valence-corrected chi connectivity index (χ2v) is 5.84. The number of benzene rings is 2. The predicted molar refractivity (Wildman–Crippen MR) is 95.5 cm³/mol. The molecule has 0 atom stereocenters. The highest BCUT2D eigenvalue weighted by atomic mass is 16.5. The van der Waals surface area contributed by atoms with E-state index in [1.165, 1.54) is 0 Å². The van der Waals surface area contributed by atoms with E-state index in [1.54, 1.807) is 0 Å². The van der Waals surface area contributed by atoms with Crippen molar-refractivity contribution in [2.45, 2.75) is 32.3 Å². The number of allylic oxidation sites excluding steroid dienone is 2. The van der Waals surface area contributed by atoms with Gasteiger partial charge in [0, 0.05) is 6.42 Å². The van der Waals surface area contributed by atoms with Crippen molar-refractivity contribution in [1.82, 2.24) is 5.43 Å². The molecule has 1 aliphatic rings. The van der Waals surface area contributed by atoms with Crippen LogP contribution in [0.2, 0.25) is 0 Å². The van der Waals surface area contributed by atoms with Crippen molar-refractivity contribution in [3.8, 4) is 5.75 Å². The summed E-state index contributed by atoms with van der Waals surface area (Å²) < 4.78 is 5.76. The second kappa shape index (κ2) is 8.20. The van der Waals surface area contributed by atoms with Crippen molar-refractivity contribution in [2.75, 3.05) is 5.43 Å². The van der Waals surface area contributed by atoms with Crippen molar-refractivity contribution in [1.29, 1.82) is 0 Å². The highest BCUT2D eigenvalue weighted by Gasteiger charge is 2.11. The third-order valence-electron chi connectivity index (χ3n) is 3.95. The first kappa shape index (κ1) is 16.1. The van der Waals surface area contributed by atoms with Crippen molar-refractivity contribution < 1.29 is 9.53 Å². The molecular weight excluding hydrogens is 300 g/mol. The van der Waals surface area contributed by atoms with Crippen LogP contribution >= 0.6 is 0 Å². The van der Waals surface area contributed by atoms with Crippen molar-refractivity contribution in [3.63, 3.8) is 0 Å². The zero-order chi connectivity index (χ0) is 16.6. The average molecular weight is 322 g/mol. The lowest BCUT2D eigenvalue weighted by Gasteiger charge is -2.12. The molecule has 3 rings (SSSR count). The molecule has 1 aliphatic carbocycles. The lowest BCUT2D eigenvalue weighted by Crippen LogP contribution is -2.25. The molecule has 0 saturated heterocycles. The molecule has 24 heavy (non-hydrogen) atoms. The van der Waals surface area contributed by atoms with Gasteiger partial charge in [-0.05, 0) is 49.1 Å². The third-order valence-corrected chi connectivity index (χ3v) is 3.95. The van der Waals surface area contributed by atoms with Crippen molar-refractivity contribution in [3.05, 3.63) is 71.9 Å². The molecule has 4 nitrogen and oxygen atoms in total. The summed E-state index contributed by atoms with van der Waals surface area (Å²) in [6.45, 7) is 0.549. The fourth-order valence-electron chi connectivity index (χ4n) is 2.56. The SMILES string of the molecule is O=C1CCCCC=C1NNc1ccc(OCc2ccccc2)cc1. The first-order valence-corrected chi connectivity index (χ1v) is 8.33. The number of Topliss-reactive ketones (excluding diaryl/α,β-unsaturated/α-hetero) is 1. The van der Waals surface area contributed by atoms with Crippen LogP contribution in [-0.4, -0.2) is 5.78 Å². The number of anilines is 1. The number of hydrazine groups is 1. The molecule has 2 aromatic rings. The molecule has 2 aromatic carbocycles. The number of ether oxygens (including phenoxy) is 1. The summed E-state index contributed by atoms with van der Waals surface area (Å²) in [5.41, 5.74) is 8.80. The summed E-state index contributed by atoms with van der Waals surface area (Å²) in [7, 11) is 0. The Bertz CT molecular complexity index is 693. The van der Waals surface area contributed by atoms with Gasteiger partial charge in [-0.15, -0.1) is 0 Å². The van der Waals surface area contributed by atoms with Gasteiger partial charge in [0.15, 0.2) is 5.78 Å². The maximum atomic E-state index is 11.9. The number of ketones is 1. The zero-order valence-corrected chi connectivity index (χ0v) is 13.6. The molecule has 0 amide bonds. The van der Waals surface area contributed by atoms with E-state index in [2.05, 4.69) is 10.9 Å². The van der Waals surface area contributed by atoms with Crippen LogP contribution in [0.1, 0.15) is 31.2 Å². The number of hydrogen-bond donors (Lipinski definition) is 2. The van der Waals surface area contributed by atoms with Gasteiger partial charge in [0.1, 0.15) is 12.4 Å². The van der Waals surface area contributed by atoms with E-state index in [-0.39, 0.29) is 5.78 Å². The maximum Gasteiger partial charge on any atom is 0.180 e. The lowest BCUT2D eigenvalue weighted by atomic mass is 10.2. The molecule has 4 heteroatoms. The normalized spacial score (nSPS) is 14.5. The number of hydrogen-bond acceptors (Lipinski definition) is 4. The van der Waals surface area contributed by atoms with Gasteiger partial charge in [0.2, 0.25) is 0 Å². The third kappa shape index (κ3) is 4.62. The van der Waals surface area contributed by atoms with Gasteiger partial charge in [-0.2, -0.15) is 0 Å². The Hall–Kier alpha value is -2.75. The standard InChI is InChI=1S/C20H22N2O2/c23-20-10-6-2-5-9-19(20)22-21-17-11-13-18(14-12-17)24-15-16-7-3-1-4-8-16/h1,3-4,7-9,11-14,21-22H,2,5-6,10,15H2. The van der Waals surface area contributed by atoms with E-state index in [0.717, 1.165) is 36.3 Å². The number of carbonyl (C=O) groups excluding carboxylic acids is 1. The fraction of sp³-hybridized carbons (Fsp3) is 0.250. The Morgan fingerprint density at radius 3 is 2.50 bits per heavy atom. The minimum absolute atomic E-state index is 0.169. The number of rotatable bonds is 6. The Labute approximate surface area is 142 Å². The van der Waals surface area contributed by atoms with Gasteiger partial charge in [-0.3, -0.25) is 10.2 Å². The van der Waals surface area contributed by atoms with Gasteiger partial charge < -0.3 is 10.2 Å². The van der Waals surface area contributed by atoms with Crippen LogP contribution in [0, 0.1) is 0 Å². The molecular formula is C20H22N2O2. The first-order valence-electron chi connectivity index (χ1n) is 8.33. The summed E-state index contributed by atoms with van der Waals surface area (Å²) in [5, 5.41) is 0. The Morgan fingerprint density at radius 2 is 1.71 bits per heavy atom. The van der Waals surface area contributed by atoms with Crippen LogP contribution in [0.5, 0.6) is 5.75 Å². The van der Waals surface area contributed by atoms with Crippen LogP contribution in [0.15, 0.2) is 66.4 Å². The van der Waals surface area contributed by atoms with Gasteiger partial charge >= 0.3 is 0 Å². The summed E-state index contributed by atoms with van der Waals surface area (Å²) in [6, 6.07) is 17.7. The van der Waals surface area contributed by atoms with E-state index >= 15 is 0 Å². The molecule has 0 heterocycles. The highest BCUT2D eigenvalue weighted by Crippen LogP contribution is 2.17. The Balaban J connectivity index is 1.51. The summed E-state index contributed by atoms with van der Waals surface area (Å²) in [6.07, 6.45) is 5.58. The van der Waals surface area contributed by atoms with Crippen LogP contribution in [0.3, 0.4) is 0 Å². The monoisotopic (exact) mass is 322 g/mol. The van der Waals surface area contributed by atoms with Crippen molar-refractivity contribution >= 4 is 11.5 Å². The summed E-state index contributed by atoms with van der Waals surface area (Å²) in [4.78, 5) is 11.9. The van der Waals surface area contributed by atoms with Gasteiger partial charge in [-0.25, -0.2) is 0 Å². The molecule has 0 aromatic heterocycles. The Kier molecular flexibility index (Phi) is 5.51. The molecule has 0 unspecified atom stereocenters. The minimum atomic E-state index is 0.169. The van der Waals surface area contributed by atoms with Crippen molar-refractivity contribution in [2.24, 2.45) is 0 Å². The van der Waals surface area contributed by atoms with Gasteiger partial charge in [0.05, 0.1) is 11.4 Å². The van der Waals surface area contributed by atoms with E-state index in [1.807, 2.05) is 60.7 Å². The highest BCUT2D eigenvalue weighted by molar-refractivity contribution is 5.95. The molecule has 0 spiro atoms. The predicted octanol–water partition coefficient (Wildman–Crippen LogP) is 4.21. The van der Waals surface area contributed by atoms with E-state index in [4.69, 9.17) is 4.74 Å². The topological polar surface area (TPSA) is 50.4 Å². The van der Waals surface area contributed by atoms with Crippen LogP contribution in [-0.2, 0) is 11.4 Å². The Morgan fingerprint density at radius 1 is 0.917 bits per heavy atom. The van der Waals surface area contributed by atoms with E-state index < -0.39 is 0 Å². The molecule has 0 bridgehead atoms. The quantitative estimate of drug-likeness (QED) is 0.782. The molecule has 124 valence electrons. The zero-order valence-electron chi connectivity index (χ0n) is 13.6. The van der Waals surface area contributed by atoms with Crippen LogP contribution in [0.25, 0.3) is 0 Å². The molecule has 0 aliphatic heterocycles. The van der Waals surface area contributed by atoms with Gasteiger partial charge in [-0.1, -0.05) is 36.4 Å². The van der Waals surface area contributed by atoms with Crippen LogP contribution in [0.4, 0.5) is 5.69 Å². The summed E-state index contributed by atoms with van der Waals surface area (Å²) in [5.74, 6) is 0.983. The molecule has 0 radical (unpaired) electrons. The maximum absolute atomic E-state index is 11.9. The van der Waals surface area contributed by atoms with Crippen LogP contribution < -0.4 is 15.6 Å². The smallest absolute Gasteiger partial charge is 0.180 e. The minimum Gasteiger partial charge on any atom is -0.489 e. The average Bonchev–Trinajstić information content (AvgIpc) is 2.84. The second-order valence-electron chi connectivity index (χ2n) is 5.84. The summed E-state index contributed by atoms with van der Waals surface area (Å²) >= 11 is 0. The molecule has 0 saturated carbocycles. The molecule has 0 fully saturated rings. The van der Waals surface area contributed by atoms with E-state index in [0.29, 0.717) is 18.7 Å². The first-order chi connectivity index (χ1) is 11.8. The number of nitrogens with one attached hydrogen (secondary N) is 2. The van der Waals surface area contributed by atoms with Gasteiger partial charge in [0.25, 0.3) is 0 Å².